The third-order valence-electron chi connectivity index (χ3n) is 3.45. The van der Waals surface area contributed by atoms with Crippen molar-refractivity contribution in [2.45, 2.75) is 39.7 Å². The fourth-order valence-corrected chi connectivity index (χ4v) is 2.64. The number of aromatic nitrogens is 1. The van der Waals surface area contributed by atoms with Gasteiger partial charge >= 0.3 is 0 Å². The van der Waals surface area contributed by atoms with Crippen molar-refractivity contribution in [3.63, 3.8) is 0 Å². The van der Waals surface area contributed by atoms with Gasteiger partial charge < -0.3 is 9.88 Å². The lowest BCUT2D eigenvalue weighted by Gasteiger charge is -2.19. The Morgan fingerprint density at radius 1 is 1.24 bits per heavy atom. The van der Waals surface area contributed by atoms with Crippen LogP contribution in [0.4, 0.5) is 5.69 Å². The lowest BCUT2D eigenvalue weighted by atomic mass is 9.87. The first kappa shape index (κ1) is 15.8. The molecule has 0 unspecified atom stereocenters. The number of aryl methyl sites for hydroxylation is 1. The third-order valence-corrected chi connectivity index (χ3v) is 3.88. The highest BCUT2D eigenvalue weighted by Crippen LogP contribution is 2.24. The molecule has 2 rings (SSSR count). The number of hydrogen-bond acceptors (Lipinski definition) is 1. The molecule has 0 saturated heterocycles. The second kappa shape index (κ2) is 6.06. The monoisotopic (exact) mass is 348 g/mol. The minimum Gasteiger partial charge on any atom is -0.343 e. The maximum atomic E-state index is 12.3. The van der Waals surface area contributed by atoms with Crippen LogP contribution in [0.1, 0.15) is 43.7 Å². The van der Waals surface area contributed by atoms with E-state index >= 15 is 0 Å². The lowest BCUT2D eigenvalue weighted by molar-refractivity contribution is 0.101. The van der Waals surface area contributed by atoms with Gasteiger partial charge in [0, 0.05) is 22.9 Å². The van der Waals surface area contributed by atoms with Crippen molar-refractivity contribution in [2.75, 3.05) is 5.32 Å². The number of rotatable bonds is 3. The van der Waals surface area contributed by atoms with Gasteiger partial charge in [0.2, 0.25) is 0 Å². The van der Waals surface area contributed by atoms with Crippen molar-refractivity contribution in [1.82, 2.24) is 4.57 Å². The molecule has 1 aromatic carbocycles. The van der Waals surface area contributed by atoms with E-state index in [2.05, 4.69) is 54.2 Å². The number of benzene rings is 1. The standard InChI is InChI=1S/C17H21BrN2O/c1-5-20-11-13(18)10-15(20)16(21)19-14-8-6-12(7-9-14)17(2,3)4/h6-11H,5H2,1-4H3,(H,19,21). The number of halogens is 1. The molecule has 112 valence electrons. The molecule has 0 aliphatic heterocycles. The van der Waals surface area contributed by atoms with Crippen LogP contribution in [0.5, 0.6) is 0 Å². The fourth-order valence-electron chi connectivity index (χ4n) is 2.18. The Hall–Kier alpha value is -1.55. The predicted molar refractivity (Wildman–Crippen MR) is 90.9 cm³/mol. The number of nitrogens with zero attached hydrogens (tertiary/aromatic N) is 1. The van der Waals surface area contributed by atoms with E-state index in [4.69, 9.17) is 0 Å². The molecule has 1 N–H and O–H groups in total. The maximum absolute atomic E-state index is 12.3. The summed E-state index contributed by atoms with van der Waals surface area (Å²) in [7, 11) is 0. The number of amides is 1. The van der Waals surface area contributed by atoms with E-state index in [1.807, 2.05) is 35.9 Å². The van der Waals surface area contributed by atoms with Crippen LogP contribution in [0, 0.1) is 0 Å². The van der Waals surface area contributed by atoms with Crippen LogP contribution in [0.25, 0.3) is 0 Å². The van der Waals surface area contributed by atoms with Gasteiger partial charge in [-0.05, 0) is 52.0 Å². The molecule has 0 spiro atoms. The van der Waals surface area contributed by atoms with E-state index in [1.165, 1.54) is 5.56 Å². The van der Waals surface area contributed by atoms with Gasteiger partial charge in [0.05, 0.1) is 0 Å². The highest BCUT2D eigenvalue weighted by molar-refractivity contribution is 9.10. The van der Waals surface area contributed by atoms with E-state index < -0.39 is 0 Å². The molecule has 2 aromatic rings. The van der Waals surface area contributed by atoms with Crippen LogP contribution < -0.4 is 5.32 Å². The Morgan fingerprint density at radius 3 is 2.38 bits per heavy atom. The van der Waals surface area contributed by atoms with E-state index in [9.17, 15) is 4.79 Å². The summed E-state index contributed by atoms with van der Waals surface area (Å²) >= 11 is 3.41. The number of carbonyl (C=O) groups is 1. The number of carbonyl (C=O) groups excluding carboxylic acids is 1. The van der Waals surface area contributed by atoms with E-state index in [1.54, 1.807) is 0 Å². The summed E-state index contributed by atoms with van der Waals surface area (Å²) in [4.78, 5) is 12.3. The van der Waals surface area contributed by atoms with Crippen molar-refractivity contribution in [2.24, 2.45) is 0 Å². The minimum absolute atomic E-state index is 0.0916. The second-order valence-electron chi connectivity index (χ2n) is 6.11. The molecule has 3 nitrogen and oxygen atoms in total. The van der Waals surface area contributed by atoms with Gasteiger partial charge in [-0.3, -0.25) is 4.79 Å². The smallest absolute Gasteiger partial charge is 0.272 e. The molecule has 0 bridgehead atoms. The predicted octanol–water partition coefficient (Wildman–Crippen LogP) is 4.82. The molecule has 1 amide bonds. The van der Waals surface area contributed by atoms with Crippen molar-refractivity contribution in [3.05, 3.63) is 52.3 Å². The average Bonchev–Trinajstić information content (AvgIpc) is 2.79. The Labute approximate surface area is 134 Å². The van der Waals surface area contributed by atoms with Gasteiger partial charge in [0.15, 0.2) is 0 Å². The fraction of sp³-hybridized carbons (Fsp3) is 0.353. The first-order valence-electron chi connectivity index (χ1n) is 7.09. The van der Waals surface area contributed by atoms with Crippen molar-refractivity contribution >= 4 is 27.5 Å². The lowest BCUT2D eigenvalue weighted by Crippen LogP contribution is -2.16. The normalized spacial score (nSPS) is 11.5. The summed E-state index contributed by atoms with van der Waals surface area (Å²) in [5.74, 6) is -0.0916. The number of nitrogens with one attached hydrogen (secondary N) is 1. The molecule has 1 aromatic heterocycles. The molecule has 0 aliphatic rings. The first-order valence-corrected chi connectivity index (χ1v) is 7.88. The van der Waals surface area contributed by atoms with Crippen LogP contribution in [0.15, 0.2) is 41.0 Å². The Balaban J connectivity index is 2.16. The minimum atomic E-state index is -0.0916. The van der Waals surface area contributed by atoms with E-state index in [0.29, 0.717) is 5.69 Å². The quantitative estimate of drug-likeness (QED) is 0.847. The largest absolute Gasteiger partial charge is 0.343 e. The molecule has 0 saturated carbocycles. The summed E-state index contributed by atoms with van der Waals surface area (Å²) in [5.41, 5.74) is 2.84. The average molecular weight is 349 g/mol. The van der Waals surface area contributed by atoms with Gasteiger partial charge in [0.1, 0.15) is 5.69 Å². The zero-order chi connectivity index (χ0) is 15.6. The van der Waals surface area contributed by atoms with Crippen LogP contribution in [0.2, 0.25) is 0 Å². The highest BCUT2D eigenvalue weighted by Gasteiger charge is 2.15. The topological polar surface area (TPSA) is 34.0 Å². The van der Waals surface area contributed by atoms with Gasteiger partial charge in [-0.25, -0.2) is 0 Å². The van der Waals surface area contributed by atoms with Crippen LogP contribution >= 0.6 is 15.9 Å². The zero-order valence-electron chi connectivity index (χ0n) is 12.9. The summed E-state index contributed by atoms with van der Waals surface area (Å²) in [6, 6.07) is 9.86. The summed E-state index contributed by atoms with van der Waals surface area (Å²) in [6.07, 6.45) is 1.91. The van der Waals surface area contributed by atoms with Crippen LogP contribution in [-0.4, -0.2) is 10.5 Å². The molecule has 0 radical (unpaired) electrons. The maximum Gasteiger partial charge on any atom is 0.272 e. The van der Waals surface area contributed by atoms with Crippen molar-refractivity contribution in [3.8, 4) is 0 Å². The van der Waals surface area contributed by atoms with Gasteiger partial charge in [0.25, 0.3) is 5.91 Å². The van der Waals surface area contributed by atoms with E-state index in [0.717, 1.165) is 16.7 Å². The summed E-state index contributed by atoms with van der Waals surface area (Å²) in [6.45, 7) is 9.30. The number of anilines is 1. The third kappa shape index (κ3) is 3.76. The van der Waals surface area contributed by atoms with E-state index in [-0.39, 0.29) is 11.3 Å². The van der Waals surface area contributed by atoms with Gasteiger partial charge in [-0.15, -0.1) is 0 Å². The molecule has 1 heterocycles. The molecular weight excluding hydrogens is 328 g/mol. The Morgan fingerprint density at radius 2 is 1.86 bits per heavy atom. The zero-order valence-corrected chi connectivity index (χ0v) is 14.5. The first-order chi connectivity index (χ1) is 9.81. The molecule has 0 atom stereocenters. The van der Waals surface area contributed by atoms with Gasteiger partial charge in [-0.1, -0.05) is 32.9 Å². The van der Waals surface area contributed by atoms with Crippen LogP contribution in [-0.2, 0) is 12.0 Å². The molecule has 0 aliphatic carbocycles. The summed E-state index contributed by atoms with van der Waals surface area (Å²) < 4.78 is 2.83. The Kier molecular flexibility index (Phi) is 4.57. The van der Waals surface area contributed by atoms with Crippen LogP contribution in [0.3, 0.4) is 0 Å². The Bertz CT molecular complexity index is 636. The highest BCUT2D eigenvalue weighted by atomic mass is 79.9. The summed E-state index contributed by atoms with van der Waals surface area (Å²) in [5, 5.41) is 2.94. The second-order valence-corrected chi connectivity index (χ2v) is 7.03. The molecule has 4 heteroatoms. The number of hydrogen-bond donors (Lipinski definition) is 1. The SMILES string of the molecule is CCn1cc(Br)cc1C(=O)Nc1ccc(C(C)(C)C)cc1. The molecule has 21 heavy (non-hydrogen) atoms. The van der Waals surface area contributed by atoms with Crippen molar-refractivity contribution < 1.29 is 4.79 Å². The van der Waals surface area contributed by atoms with Gasteiger partial charge in [-0.2, -0.15) is 0 Å². The van der Waals surface area contributed by atoms with Crippen molar-refractivity contribution in [1.29, 1.82) is 0 Å². The molecule has 0 fully saturated rings. The molecular formula is C17H21BrN2O.